The molecule has 3 nitrogen and oxygen atoms in total. The summed E-state index contributed by atoms with van der Waals surface area (Å²) in [4.78, 5) is 0. The third kappa shape index (κ3) is 3.65. The molecule has 1 aromatic heterocycles. The van der Waals surface area contributed by atoms with Crippen LogP contribution in [0.3, 0.4) is 0 Å². The van der Waals surface area contributed by atoms with Crippen LogP contribution in [0.1, 0.15) is 31.4 Å². The Hall–Kier alpha value is -0.800. The van der Waals surface area contributed by atoms with Gasteiger partial charge in [0.2, 0.25) is 0 Å². The van der Waals surface area contributed by atoms with Gasteiger partial charge in [0, 0.05) is 19.0 Å². The first-order valence-corrected chi connectivity index (χ1v) is 6.33. The predicted octanol–water partition coefficient (Wildman–Crippen LogP) is 1.93. The molecule has 0 saturated heterocycles. The van der Waals surface area contributed by atoms with Crippen molar-refractivity contribution in [3.05, 3.63) is 24.2 Å². The average Bonchev–Trinajstić information content (AvgIpc) is 2.77. The quantitative estimate of drug-likeness (QED) is 0.748. The van der Waals surface area contributed by atoms with Crippen LogP contribution in [-0.2, 0) is 6.42 Å². The lowest BCUT2D eigenvalue weighted by Gasteiger charge is -2.26. The first-order chi connectivity index (χ1) is 7.84. The Morgan fingerprint density at radius 2 is 2.38 bits per heavy atom. The van der Waals surface area contributed by atoms with Gasteiger partial charge in [-0.3, -0.25) is 0 Å². The van der Waals surface area contributed by atoms with Crippen LogP contribution in [0.15, 0.2) is 22.8 Å². The summed E-state index contributed by atoms with van der Waals surface area (Å²) < 4.78 is 5.28. The SMILES string of the molecule is NC1CCCC(CNCCc2ccco2)C1. The van der Waals surface area contributed by atoms with Gasteiger partial charge in [-0.25, -0.2) is 0 Å². The predicted molar refractivity (Wildman–Crippen MR) is 65.2 cm³/mol. The molecule has 0 bridgehead atoms. The number of hydrogen-bond donors (Lipinski definition) is 2. The Labute approximate surface area is 97.4 Å². The standard InChI is InChI=1S/C13H22N2O/c14-12-4-1-3-11(9-12)10-15-7-6-13-5-2-8-16-13/h2,5,8,11-12,15H,1,3-4,6-7,9-10,14H2. The van der Waals surface area contributed by atoms with Gasteiger partial charge in [-0.05, 0) is 43.9 Å². The van der Waals surface area contributed by atoms with Crippen LogP contribution in [0, 0.1) is 5.92 Å². The fourth-order valence-corrected chi connectivity index (χ4v) is 2.49. The van der Waals surface area contributed by atoms with Crippen molar-refractivity contribution in [2.45, 2.75) is 38.1 Å². The topological polar surface area (TPSA) is 51.2 Å². The molecule has 3 N–H and O–H groups in total. The van der Waals surface area contributed by atoms with Gasteiger partial charge in [0.15, 0.2) is 0 Å². The van der Waals surface area contributed by atoms with Crippen molar-refractivity contribution in [3.8, 4) is 0 Å². The zero-order valence-corrected chi connectivity index (χ0v) is 9.82. The summed E-state index contributed by atoms with van der Waals surface area (Å²) in [5.41, 5.74) is 5.96. The number of rotatable bonds is 5. The molecule has 1 aliphatic carbocycles. The minimum Gasteiger partial charge on any atom is -0.469 e. The second-order valence-electron chi connectivity index (χ2n) is 4.83. The van der Waals surface area contributed by atoms with Gasteiger partial charge < -0.3 is 15.5 Å². The van der Waals surface area contributed by atoms with Crippen molar-refractivity contribution in [3.63, 3.8) is 0 Å². The third-order valence-corrected chi connectivity index (χ3v) is 3.38. The smallest absolute Gasteiger partial charge is 0.105 e. The van der Waals surface area contributed by atoms with Crippen LogP contribution < -0.4 is 11.1 Å². The zero-order chi connectivity index (χ0) is 11.2. The summed E-state index contributed by atoms with van der Waals surface area (Å²) in [5.74, 6) is 1.84. The monoisotopic (exact) mass is 222 g/mol. The van der Waals surface area contributed by atoms with E-state index in [1.807, 2.05) is 12.1 Å². The van der Waals surface area contributed by atoms with Crippen LogP contribution in [-0.4, -0.2) is 19.1 Å². The summed E-state index contributed by atoms with van der Waals surface area (Å²) in [5, 5.41) is 3.50. The molecular weight excluding hydrogens is 200 g/mol. The molecule has 1 saturated carbocycles. The minimum atomic E-state index is 0.436. The number of nitrogens with one attached hydrogen (secondary N) is 1. The zero-order valence-electron chi connectivity index (χ0n) is 9.82. The lowest BCUT2D eigenvalue weighted by atomic mass is 9.86. The molecule has 16 heavy (non-hydrogen) atoms. The fraction of sp³-hybridized carbons (Fsp3) is 0.692. The molecule has 1 aliphatic rings. The van der Waals surface area contributed by atoms with E-state index in [2.05, 4.69) is 5.32 Å². The van der Waals surface area contributed by atoms with Crippen LogP contribution in [0.5, 0.6) is 0 Å². The lowest BCUT2D eigenvalue weighted by Crippen LogP contribution is -2.33. The maximum Gasteiger partial charge on any atom is 0.105 e. The van der Waals surface area contributed by atoms with Crippen LogP contribution >= 0.6 is 0 Å². The molecule has 0 amide bonds. The largest absolute Gasteiger partial charge is 0.469 e. The van der Waals surface area contributed by atoms with E-state index < -0.39 is 0 Å². The Morgan fingerprint density at radius 3 is 3.12 bits per heavy atom. The second-order valence-corrected chi connectivity index (χ2v) is 4.83. The molecule has 2 unspecified atom stereocenters. The molecule has 0 radical (unpaired) electrons. The molecule has 90 valence electrons. The normalized spacial score (nSPS) is 25.8. The van der Waals surface area contributed by atoms with Crippen molar-refractivity contribution in [1.82, 2.24) is 5.32 Å². The highest BCUT2D eigenvalue weighted by atomic mass is 16.3. The first-order valence-electron chi connectivity index (χ1n) is 6.33. The Bertz CT molecular complexity index is 284. The van der Waals surface area contributed by atoms with Crippen LogP contribution in [0.4, 0.5) is 0 Å². The van der Waals surface area contributed by atoms with Gasteiger partial charge in [-0.15, -0.1) is 0 Å². The molecule has 1 fully saturated rings. The van der Waals surface area contributed by atoms with Gasteiger partial charge in [0.05, 0.1) is 6.26 Å². The Kier molecular flexibility index (Phi) is 4.43. The number of hydrogen-bond acceptors (Lipinski definition) is 3. The maximum absolute atomic E-state index is 5.96. The highest BCUT2D eigenvalue weighted by Gasteiger charge is 2.18. The summed E-state index contributed by atoms with van der Waals surface area (Å²) >= 11 is 0. The molecule has 2 atom stereocenters. The van der Waals surface area contributed by atoms with Gasteiger partial charge in [0.25, 0.3) is 0 Å². The van der Waals surface area contributed by atoms with Gasteiger partial charge in [-0.1, -0.05) is 6.42 Å². The third-order valence-electron chi connectivity index (χ3n) is 3.38. The van der Waals surface area contributed by atoms with E-state index in [9.17, 15) is 0 Å². The van der Waals surface area contributed by atoms with Gasteiger partial charge >= 0.3 is 0 Å². The molecule has 1 heterocycles. The van der Waals surface area contributed by atoms with Crippen molar-refractivity contribution in [1.29, 1.82) is 0 Å². The van der Waals surface area contributed by atoms with Crippen molar-refractivity contribution < 1.29 is 4.42 Å². The molecule has 0 aliphatic heterocycles. The molecule has 1 aromatic rings. The minimum absolute atomic E-state index is 0.436. The molecule has 0 spiro atoms. The first kappa shape index (κ1) is 11.7. The van der Waals surface area contributed by atoms with Crippen LogP contribution in [0.2, 0.25) is 0 Å². The van der Waals surface area contributed by atoms with E-state index in [0.717, 1.165) is 31.2 Å². The molecular formula is C13H22N2O. The van der Waals surface area contributed by atoms with Crippen molar-refractivity contribution in [2.75, 3.05) is 13.1 Å². The van der Waals surface area contributed by atoms with E-state index >= 15 is 0 Å². The maximum atomic E-state index is 5.96. The fourth-order valence-electron chi connectivity index (χ4n) is 2.49. The van der Waals surface area contributed by atoms with Crippen molar-refractivity contribution >= 4 is 0 Å². The Morgan fingerprint density at radius 1 is 1.44 bits per heavy atom. The number of nitrogens with two attached hydrogens (primary N) is 1. The summed E-state index contributed by atoms with van der Waals surface area (Å²) in [6, 6.07) is 4.40. The van der Waals surface area contributed by atoms with E-state index in [1.165, 1.54) is 25.7 Å². The van der Waals surface area contributed by atoms with E-state index in [0.29, 0.717) is 6.04 Å². The van der Waals surface area contributed by atoms with E-state index in [4.69, 9.17) is 10.2 Å². The molecule has 0 aromatic carbocycles. The van der Waals surface area contributed by atoms with Crippen molar-refractivity contribution in [2.24, 2.45) is 11.7 Å². The highest BCUT2D eigenvalue weighted by molar-refractivity contribution is 4.98. The van der Waals surface area contributed by atoms with Gasteiger partial charge in [0.1, 0.15) is 5.76 Å². The highest BCUT2D eigenvalue weighted by Crippen LogP contribution is 2.22. The second kappa shape index (κ2) is 6.06. The summed E-state index contributed by atoms with van der Waals surface area (Å²) in [6.07, 6.45) is 7.74. The molecule has 2 rings (SSSR count). The summed E-state index contributed by atoms with van der Waals surface area (Å²) in [6.45, 7) is 2.10. The summed E-state index contributed by atoms with van der Waals surface area (Å²) in [7, 11) is 0. The lowest BCUT2D eigenvalue weighted by molar-refractivity contribution is 0.310. The molecule has 3 heteroatoms. The van der Waals surface area contributed by atoms with Crippen LogP contribution in [0.25, 0.3) is 0 Å². The van der Waals surface area contributed by atoms with E-state index in [1.54, 1.807) is 6.26 Å². The average molecular weight is 222 g/mol. The van der Waals surface area contributed by atoms with E-state index in [-0.39, 0.29) is 0 Å². The number of furan rings is 1. The Balaban J connectivity index is 1.57. The van der Waals surface area contributed by atoms with Gasteiger partial charge in [-0.2, -0.15) is 0 Å².